The third-order valence-electron chi connectivity index (χ3n) is 4.08. The monoisotopic (exact) mass is 306 g/mol. The van der Waals surface area contributed by atoms with Gasteiger partial charge in [0.25, 0.3) is 5.91 Å². The predicted octanol–water partition coefficient (Wildman–Crippen LogP) is 0.774. The fraction of sp³-hybridized carbons (Fsp3) is 0.500. The number of hydrogen-bond acceptors (Lipinski definition) is 4. The van der Waals surface area contributed by atoms with E-state index in [1.54, 1.807) is 24.3 Å². The number of hydrogen-bond donors (Lipinski definition) is 3. The first-order chi connectivity index (χ1) is 10.5. The summed E-state index contributed by atoms with van der Waals surface area (Å²) in [5.74, 6) is -1.25. The summed E-state index contributed by atoms with van der Waals surface area (Å²) in [6, 6.07) is 8.97. The number of nitrogens with zero attached hydrogens (tertiary/aromatic N) is 1. The third-order valence-corrected chi connectivity index (χ3v) is 4.08. The van der Waals surface area contributed by atoms with Crippen LogP contribution in [-0.2, 0) is 9.59 Å². The Hall–Kier alpha value is -1.92. The average molecular weight is 306 g/mol. The van der Waals surface area contributed by atoms with Crippen molar-refractivity contribution in [1.29, 1.82) is 0 Å². The number of aliphatic hydroxyl groups is 1. The topological polar surface area (TPSA) is 89.9 Å². The molecule has 6 nitrogen and oxygen atoms in total. The Bertz CT molecular complexity index is 514. The van der Waals surface area contributed by atoms with Gasteiger partial charge in [-0.2, -0.15) is 0 Å². The minimum atomic E-state index is -1.17. The second-order valence-corrected chi connectivity index (χ2v) is 5.60. The Morgan fingerprint density at radius 2 is 1.95 bits per heavy atom. The van der Waals surface area contributed by atoms with Crippen LogP contribution in [0.4, 0.5) is 0 Å². The van der Waals surface area contributed by atoms with E-state index in [9.17, 15) is 14.7 Å². The van der Waals surface area contributed by atoms with Gasteiger partial charge in [-0.05, 0) is 24.9 Å². The van der Waals surface area contributed by atoms with Crippen molar-refractivity contribution >= 4 is 11.9 Å². The van der Waals surface area contributed by atoms with Gasteiger partial charge in [0.1, 0.15) is 0 Å². The van der Waals surface area contributed by atoms with Crippen LogP contribution < -0.4 is 5.32 Å². The molecule has 3 N–H and O–H groups in total. The molecule has 1 saturated carbocycles. The number of aliphatic carboxylic acids is 1. The Morgan fingerprint density at radius 1 is 1.32 bits per heavy atom. The highest BCUT2D eigenvalue weighted by molar-refractivity contribution is 5.82. The zero-order valence-corrected chi connectivity index (χ0v) is 12.6. The van der Waals surface area contributed by atoms with Gasteiger partial charge in [-0.1, -0.05) is 37.3 Å². The predicted molar refractivity (Wildman–Crippen MR) is 81.2 cm³/mol. The van der Waals surface area contributed by atoms with E-state index in [1.807, 2.05) is 17.9 Å². The molecule has 1 aromatic carbocycles. The Labute approximate surface area is 129 Å². The molecule has 1 aromatic rings. The highest BCUT2D eigenvalue weighted by atomic mass is 16.4. The van der Waals surface area contributed by atoms with Gasteiger partial charge >= 0.3 is 5.97 Å². The highest BCUT2D eigenvalue weighted by Gasteiger charge is 2.35. The lowest BCUT2D eigenvalue weighted by Gasteiger charge is -2.42. The molecule has 0 radical (unpaired) electrons. The average Bonchev–Trinajstić information content (AvgIpc) is 2.48. The molecule has 0 unspecified atom stereocenters. The number of rotatable bonds is 7. The summed E-state index contributed by atoms with van der Waals surface area (Å²) in [4.78, 5) is 24.7. The van der Waals surface area contributed by atoms with E-state index < -0.39 is 18.0 Å². The van der Waals surface area contributed by atoms with Crippen LogP contribution in [0.15, 0.2) is 30.3 Å². The van der Waals surface area contributed by atoms with E-state index in [-0.39, 0.29) is 18.6 Å². The number of amides is 1. The zero-order valence-electron chi connectivity index (χ0n) is 12.6. The van der Waals surface area contributed by atoms with Gasteiger partial charge in [-0.25, -0.2) is 0 Å². The summed E-state index contributed by atoms with van der Waals surface area (Å²) < 4.78 is 0. The van der Waals surface area contributed by atoms with Crippen LogP contribution in [0, 0.1) is 0 Å². The lowest BCUT2D eigenvalue weighted by molar-refractivity contribution is -0.140. The molecule has 0 saturated heterocycles. The number of carboxylic acids is 1. The molecule has 2 rings (SSSR count). The molecule has 1 fully saturated rings. The van der Waals surface area contributed by atoms with Crippen molar-refractivity contribution in [2.24, 2.45) is 0 Å². The molecule has 0 spiro atoms. The minimum Gasteiger partial charge on any atom is -0.480 e. The van der Waals surface area contributed by atoms with Crippen LogP contribution in [0.2, 0.25) is 0 Å². The van der Waals surface area contributed by atoms with Gasteiger partial charge in [-0.3, -0.25) is 14.5 Å². The molecule has 1 aliphatic carbocycles. The molecule has 1 atom stereocenters. The van der Waals surface area contributed by atoms with Crippen molar-refractivity contribution in [2.45, 2.75) is 38.0 Å². The summed E-state index contributed by atoms with van der Waals surface area (Å²) >= 11 is 0. The van der Waals surface area contributed by atoms with Crippen molar-refractivity contribution in [3.8, 4) is 0 Å². The zero-order chi connectivity index (χ0) is 16.1. The Morgan fingerprint density at radius 3 is 2.50 bits per heavy atom. The van der Waals surface area contributed by atoms with E-state index in [1.165, 1.54) is 0 Å². The summed E-state index contributed by atoms with van der Waals surface area (Å²) in [6.07, 6.45) is 0.268. The summed E-state index contributed by atoms with van der Waals surface area (Å²) in [7, 11) is 0. The van der Waals surface area contributed by atoms with E-state index in [4.69, 9.17) is 5.11 Å². The second kappa shape index (κ2) is 7.38. The van der Waals surface area contributed by atoms with Gasteiger partial charge < -0.3 is 15.5 Å². The van der Waals surface area contributed by atoms with E-state index in [2.05, 4.69) is 5.32 Å². The molecule has 0 bridgehead atoms. The van der Waals surface area contributed by atoms with E-state index in [0.717, 1.165) is 0 Å². The fourth-order valence-corrected chi connectivity index (χ4v) is 2.74. The van der Waals surface area contributed by atoms with Gasteiger partial charge in [0.2, 0.25) is 0 Å². The molecule has 22 heavy (non-hydrogen) atoms. The Balaban J connectivity index is 1.79. The minimum absolute atomic E-state index is 0.00120. The smallest absolute Gasteiger partial charge is 0.317 e. The molecule has 1 aliphatic rings. The number of carbonyl (C=O) groups excluding carboxylic acids is 1. The maximum Gasteiger partial charge on any atom is 0.317 e. The largest absolute Gasteiger partial charge is 0.480 e. The number of carbonyl (C=O) groups is 2. The maximum absolute atomic E-state index is 12.0. The van der Waals surface area contributed by atoms with Crippen LogP contribution in [0.25, 0.3) is 0 Å². The van der Waals surface area contributed by atoms with Crippen LogP contribution in [0.3, 0.4) is 0 Å². The number of carboxylic acid groups (broad SMARTS) is 1. The molecular weight excluding hydrogens is 284 g/mol. The highest BCUT2D eigenvalue weighted by Crippen LogP contribution is 2.26. The number of likely N-dealkylation sites (N-methyl/N-ethyl adjacent to an activating group) is 1. The van der Waals surface area contributed by atoms with E-state index >= 15 is 0 Å². The van der Waals surface area contributed by atoms with Gasteiger partial charge in [0.05, 0.1) is 6.54 Å². The summed E-state index contributed by atoms with van der Waals surface area (Å²) in [6.45, 7) is 2.62. The molecular formula is C16H22N2O4. The molecule has 6 heteroatoms. The van der Waals surface area contributed by atoms with Gasteiger partial charge in [0, 0.05) is 12.1 Å². The second-order valence-electron chi connectivity index (χ2n) is 5.60. The van der Waals surface area contributed by atoms with Crippen molar-refractivity contribution in [1.82, 2.24) is 10.2 Å². The van der Waals surface area contributed by atoms with Crippen molar-refractivity contribution in [2.75, 3.05) is 13.1 Å². The summed E-state index contributed by atoms with van der Waals surface area (Å²) in [5.41, 5.74) is 0.567. The summed E-state index contributed by atoms with van der Waals surface area (Å²) in [5, 5.41) is 21.7. The maximum atomic E-state index is 12.0. The van der Waals surface area contributed by atoms with Crippen molar-refractivity contribution < 1.29 is 19.8 Å². The first kappa shape index (κ1) is 16.5. The SMILES string of the molecule is CCN(CC(=O)O)C1CC(NC(=O)[C@H](O)c2ccccc2)C1. The molecule has 0 heterocycles. The first-order valence-electron chi connectivity index (χ1n) is 7.50. The van der Waals surface area contributed by atoms with Gasteiger partial charge in [0.15, 0.2) is 6.10 Å². The van der Waals surface area contributed by atoms with Crippen LogP contribution in [0.5, 0.6) is 0 Å². The van der Waals surface area contributed by atoms with Gasteiger partial charge in [-0.15, -0.1) is 0 Å². The fourth-order valence-electron chi connectivity index (χ4n) is 2.74. The third kappa shape index (κ3) is 4.05. The number of benzene rings is 1. The van der Waals surface area contributed by atoms with Crippen LogP contribution >= 0.6 is 0 Å². The molecule has 120 valence electrons. The first-order valence-corrected chi connectivity index (χ1v) is 7.50. The quantitative estimate of drug-likeness (QED) is 0.692. The number of aliphatic hydroxyl groups excluding tert-OH is 1. The van der Waals surface area contributed by atoms with Crippen molar-refractivity contribution in [3.63, 3.8) is 0 Å². The molecule has 0 aromatic heterocycles. The standard InChI is InChI=1S/C16H22N2O4/c1-2-18(10-14(19)20)13-8-12(9-13)17-16(22)15(21)11-6-4-3-5-7-11/h3-7,12-13,15,21H,2,8-10H2,1H3,(H,17,22)(H,19,20)/t12?,13?,15-/m1/s1. The lowest BCUT2D eigenvalue weighted by atomic mass is 9.85. The van der Waals surface area contributed by atoms with Crippen molar-refractivity contribution in [3.05, 3.63) is 35.9 Å². The Kier molecular flexibility index (Phi) is 5.51. The molecule has 0 aliphatic heterocycles. The number of nitrogens with one attached hydrogen (secondary N) is 1. The molecule has 1 amide bonds. The van der Waals surface area contributed by atoms with Crippen LogP contribution in [0.1, 0.15) is 31.4 Å². The normalized spacial score (nSPS) is 22.0. The van der Waals surface area contributed by atoms with E-state index in [0.29, 0.717) is 24.9 Å². The van der Waals surface area contributed by atoms with Crippen LogP contribution in [-0.4, -0.2) is 52.2 Å². The lowest BCUT2D eigenvalue weighted by Crippen LogP contribution is -2.55.